The van der Waals surface area contributed by atoms with E-state index in [4.69, 9.17) is 0 Å². The predicted octanol–water partition coefficient (Wildman–Crippen LogP) is 4.37. The van der Waals surface area contributed by atoms with Crippen LogP contribution in [0.15, 0.2) is 42.5 Å². The minimum absolute atomic E-state index is 0.0417. The summed E-state index contributed by atoms with van der Waals surface area (Å²) in [7, 11) is 0. The topological polar surface area (TPSA) is 98.7 Å². The van der Waals surface area contributed by atoms with Gasteiger partial charge in [0.2, 0.25) is 5.91 Å². The highest BCUT2D eigenvalue weighted by Crippen LogP contribution is 2.41. The Morgan fingerprint density at radius 1 is 1.19 bits per heavy atom. The Hall–Kier alpha value is -3.80. The molecular weight excluding hydrogens is 501 g/mol. The van der Waals surface area contributed by atoms with Crippen molar-refractivity contribution >= 4 is 40.4 Å². The van der Waals surface area contributed by atoms with Crippen LogP contribution in [0.3, 0.4) is 0 Å². The molecule has 0 aliphatic carbocycles. The van der Waals surface area contributed by atoms with E-state index in [1.165, 1.54) is 0 Å². The molecule has 0 saturated carbocycles. The van der Waals surface area contributed by atoms with Gasteiger partial charge in [-0.05, 0) is 36.3 Å². The number of aliphatic hydroxyl groups is 1. The number of nitrogens with zero attached hydrogens (tertiary/aromatic N) is 1. The Labute approximate surface area is 207 Å². The van der Waals surface area contributed by atoms with E-state index in [9.17, 15) is 41.4 Å². The van der Waals surface area contributed by atoms with Gasteiger partial charge in [0.1, 0.15) is 6.10 Å². The molecule has 4 rings (SSSR count). The van der Waals surface area contributed by atoms with Gasteiger partial charge in [-0.2, -0.15) is 22.0 Å². The number of hydrogen-bond donors (Lipinski definition) is 3. The quantitative estimate of drug-likeness (QED) is 0.410. The summed E-state index contributed by atoms with van der Waals surface area (Å²) in [6.45, 7) is 0.748. The minimum atomic E-state index is -4.78. The van der Waals surface area contributed by atoms with E-state index in [-0.39, 0.29) is 36.2 Å². The highest BCUT2D eigenvalue weighted by molar-refractivity contribution is 6.09. The van der Waals surface area contributed by atoms with Crippen LogP contribution in [0.2, 0.25) is 0 Å². The molecule has 0 bridgehead atoms. The third-order valence-corrected chi connectivity index (χ3v) is 6.27. The lowest BCUT2D eigenvalue weighted by Crippen LogP contribution is -2.45. The molecule has 2 aliphatic rings. The Morgan fingerprint density at radius 2 is 1.92 bits per heavy atom. The number of carbonyl (C=O) groups excluding carboxylic acids is 3. The zero-order valence-electron chi connectivity index (χ0n) is 19.5. The van der Waals surface area contributed by atoms with Crippen molar-refractivity contribution in [2.45, 2.75) is 44.4 Å². The molecule has 2 aliphatic heterocycles. The molecule has 37 heavy (non-hydrogen) atoms. The monoisotopic (exact) mass is 523 g/mol. The molecule has 0 spiro atoms. The standard InChI is InChI=1S/C25H22F5N3O4/c1-2-24(26,27)23(37)33-9-8-13(15-7-6-14(11-19(15)33)25(28,29)30)10-21(35)31-17-4-3-5-18-16(17)12-20(34)22(36)32-18/h3-7,10-11,20,34H,2,8-9,12H2,1H3,(H,31,35)(H,32,36). The molecule has 0 fully saturated rings. The number of rotatable bonds is 4. The molecule has 2 aromatic rings. The highest BCUT2D eigenvalue weighted by Gasteiger charge is 2.43. The molecule has 196 valence electrons. The van der Waals surface area contributed by atoms with E-state index >= 15 is 0 Å². The number of hydrogen-bond acceptors (Lipinski definition) is 4. The van der Waals surface area contributed by atoms with Crippen molar-refractivity contribution in [3.05, 3.63) is 59.2 Å². The second-order valence-electron chi connectivity index (χ2n) is 8.69. The predicted molar refractivity (Wildman–Crippen MR) is 125 cm³/mol. The lowest BCUT2D eigenvalue weighted by atomic mass is 9.93. The van der Waals surface area contributed by atoms with Crippen molar-refractivity contribution in [1.29, 1.82) is 0 Å². The zero-order valence-corrected chi connectivity index (χ0v) is 19.5. The number of aliphatic hydroxyl groups excluding tert-OH is 1. The van der Waals surface area contributed by atoms with E-state index in [0.29, 0.717) is 27.9 Å². The van der Waals surface area contributed by atoms with Gasteiger partial charge in [-0.15, -0.1) is 0 Å². The van der Waals surface area contributed by atoms with Crippen molar-refractivity contribution in [3.63, 3.8) is 0 Å². The van der Waals surface area contributed by atoms with Crippen LogP contribution in [-0.4, -0.2) is 41.4 Å². The summed E-state index contributed by atoms with van der Waals surface area (Å²) in [5, 5.41) is 15.0. The summed E-state index contributed by atoms with van der Waals surface area (Å²) in [5.74, 6) is -6.63. The third-order valence-electron chi connectivity index (χ3n) is 6.27. The number of amides is 3. The lowest BCUT2D eigenvalue weighted by molar-refractivity contribution is -0.143. The van der Waals surface area contributed by atoms with E-state index in [1.807, 2.05) is 0 Å². The van der Waals surface area contributed by atoms with Gasteiger partial charge in [0, 0.05) is 48.0 Å². The fourth-order valence-electron chi connectivity index (χ4n) is 4.27. The van der Waals surface area contributed by atoms with Gasteiger partial charge in [-0.25, -0.2) is 0 Å². The van der Waals surface area contributed by atoms with Gasteiger partial charge in [-0.1, -0.05) is 19.1 Å². The summed E-state index contributed by atoms with van der Waals surface area (Å²) in [6.07, 6.45) is -5.87. The first-order valence-corrected chi connectivity index (χ1v) is 11.4. The first-order valence-electron chi connectivity index (χ1n) is 11.4. The maximum Gasteiger partial charge on any atom is 0.416 e. The second-order valence-corrected chi connectivity index (χ2v) is 8.69. The normalized spacial score (nSPS) is 18.7. The molecule has 7 nitrogen and oxygen atoms in total. The summed E-state index contributed by atoms with van der Waals surface area (Å²) in [5.41, 5.74) is 0.0254. The first-order chi connectivity index (χ1) is 17.3. The van der Waals surface area contributed by atoms with Crippen molar-refractivity contribution in [2.75, 3.05) is 22.1 Å². The number of alkyl halides is 5. The zero-order chi connectivity index (χ0) is 27.1. The van der Waals surface area contributed by atoms with Crippen LogP contribution in [0.5, 0.6) is 0 Å². The molecule has 3 amide bonds. The van der Waals surface area contributed by atoms with Crippen molar-refractivity contribution in [1.82, 2.24) is 0 Å². The van der Waals surface area contributed by atoms with Crippen LogP contribution in [0.25, 0.3) is 5.57 Å². The fraction of sp³-hybridized carbons (Fsp3) is 0.320. The van der Waals surface area contributed by atoms with Crippen LogP contribution in [0, 0.1) is 0 Å². The average Bonchev–Trinajstić information content (AvgIpc) is 2.84. The SMILES string of the molecule is CCC(F)(F)C(=O)N1CCC(=CC(=O)Nc2cccc3c2CC(O)C(=O)N3)c2ccc(C(F)(F)F)cc21. The molecule has 0 saturated heterocycles. The molecule has 3 N–H and O–H groups in total. The summed E-state index contributed by atoms with van der Waals surface area (Å²) >= 11 is 0. The molecule has 1 atom stereocenters. The van der Waals surface area contributed by atoms with Crippen molar-refractivity contribution in [3.8, 4) is 0 Å². The number of benzene rings is 2. The number of halogens is 5. The van der Waals surface area contributed by atoms with Crippen LogP contribution in [0.4, 0.5) is 39.0 Å². The van der Waals surface area contributed by atoms with E-state index in [1.54, 1.807) is 18.2 Å². The van der Waals surface area contributed by atoms with E-state index in [2.05, 4.69) is 10.6 Å². The summed E-state index contributed by atoms with van der Waals surface area (Å²) < 4.78 is 68.4. The molecule has 12 heteroatoms. The van der Waals surface area contributed by atoms with Gasteiger partial charge < -0.3 is 20.6 Å². The van der Waals surface area contributed by atoms with Crippen LogP contribution >= 0.6 is 0 Å². The molecule has 2 heterocycles. The van der Waals surface area contributed by atoms with E-state index in [0.717, 1.165) is 25.1 Å². The van der Waals surface area contributed by atoms with Gasteiger partial charge in [0.25, 0.3) is 11.8 Å². The fourth-order valence-corrected chi connectivity index (χ4v) is 4.27. The maximum absolute atomic E-state index is 14.2. The highest BCUT2D eigenvalue weighted by atomic mass is 19.4. The lowest BCUT2D eigenvalue weighted by Gasteiger charge is -2.33. The molecule has 0 radical (unpaired) electrons. The van der Waals surface area contributed by atoms with Crippen LogP contribution in [-0.2, 0) is 27.0 Å². The molecular formula is C25H22F5N3O4. The number of anilines is 3. The van der Waals surface area contributed by atoms with Crippen LogP contribution in [0.1, 0.15) is 36.5 Å². The summed E-state index contributed by atoms with van der Waals surface area (Å²) in [4.78, 5) is 37.7. The van der Waals surface area contributed by atoms with Gasteiger partial charge >= 0.3 is 12.1 Å². The maximum atomic E-state index is 14.2. The number of fused-ring (bicyclic) bond motifs is 2. The molecule has 1 unspecified atom stereocenters. The smallest absolute Gasteiger partial charge is 0.383 e. The van der Waals surface area contributed by atoms with Crippen molar-refractivity contribution < 1.29 is 41.4 Å². The Kier molecular flexibility index (Phi) is 6.80. The Morgan fingerprint density at radius 3 is 2.59 bits per heavy atom. The first kappa shape index (κ1) is 26.3. The Balaban J connectivity index is 1.68. The van der Waals surface area contributed by atoms with Crippen molar-refractivity contribution in [2.24, 2.45) is 0 Å². The van der Waals surface area contributed by atoms with Gasteiger partial charge in [0.15, 0.2) is 0 Å². The third kappa shape index (κ3) is 5.19. The van der Waals surface area contributed by atoms with E-state index < -0.39 is 47.9 Å². The van der Waals surface area contributed by atoms with Gasteiger partial charge in [0.05, 0.1) is 11.3 Å². The number of nitrogens with one attached hydrogen (secondary N) is 2. The largest absolute Gasteiger partial charge is 0.416 e. The molecule has 2 aromatic carbocycles. The molecule has 0 aromatic heterocycles. The Bertz CT molecular complexity index is 1310. The van der Waals surface area contributed by atoms with Crippen LogP contribution < -0.4 is 15.5 Å². The number of carbonyl (C=O) groups is 3. The average molecular weight is 523 g/mol. The van der Waals surface area contributed by atoms with Gasteiger partial charge in [-0.3, -0.25) is 14.4 Å². The second kappa shape index (κ2) is 9.58. The summed E-state index contributed by atoms with van der Waals surface area (Å²) in [6, 6.07) is 7.16. The minimum Gasteiger partial charge on any atom is -0.383 e.